The lowest BCUT2D eigenvalue weighted by Crippen LogP contribution is -2.35. The summed E-state index contributed by atoms with van der Waals surface area (Å²) in [5.41, 5.74) is 0.112. The lowest BCUT2D eigenvalue weighted by molar-refractivity contribution is 0.0739. The molecule has 1 aromatic rings. The highest BCUT2D eigenvalue weighted by Gasteiger charge is 2.15. The van der Waals surface area contributed by atoms with E-state index in [-0.39, 0.29) is 11.5 Å². The van der Waals surface area contributed by atoms with Gasteiger partial charge in [0.25, 0.3) is 5.91 Å². The zero-order chi connectivity index (χ0) is 12.1. The number of H-pyrrole nitrogens is 1. The first-order chi connectivity index (χ1) is 7.54. The van der Waals surface area contributed by atoms with Crippen LogP contribution in [-0.2, 0) is 0 Å². The van der Waals surface area contributed by atoms with Gasteiger partial charge in [-0.25, -0.2) is 0 Å². The lowest BCUT2D eigenvalue weighted by atomic mass is 10.2. The number of nitrogens with one attached hydrogen (secondary N) is 1. The largest absolute Gasteiger partial charge is 0.337 e. The summed E-state index contributed by atoms with van der Waals surface area (Å²) in [6.07, 6.45) is 0. The maximum Gasteiger partial charge on any atom is 0.270 e. The van der Waals surface area contributed by atoms with Gasteiger partial charge in [0.1, 0.15) is 5.69 Å². The van der Waals surface area contributed by atoms with E-state index in [1.165, 1.54) is 6.07 Å². The topological polar surface area (TPSA) is 53.2 Å². The van der Waals surface area contributed by atoms with Crippen molar-refractivity contribution in [1.82, 2.24) is 9.88 Å². The van der Waals surface area contributed by atoms with Crippen molar-refractivity contribution in [2.45, 2.75) is 20.8 Å². The highest BCUT2D eigenvalue weighted by molar-refractivity contribution is 5.92. The lowest BCUT2D eigenvalue weighted by Gasteiger charge is -2.22. The molecule has 0 aliphatic carbocycles. The van der Waals surface area contributed by atoms with Gasteiger partial charge in [-0.2, -0.15) is 0 Å². The fourth-order valence-corrected chi connectivity index (χ4v) is 1.54. The molecule has 0 aromatic carbocycles. The van der Waals surface area contributed by atoms with Crippen LogP contribution in [0.4, 0.5) is 0 Å². The third kappa shape index (κ3) is 3.22. The van der Waals surface area contributed by atoms with Gasteiger partial charge in [0.2, 0.25) is 5.56 Å². The van der Waals surface area contributed by atoms with E-state index in [0.29, 0.717) is 24.7 Å². The van der Waals surface area contributed by atoms with Gasteiger partial charge in [-0.05, 0) is 18.9 Å². The Kier molecular flexibility index (Phi) is 4.28. The van der Waals surface area contributed by atoms with Crippen molar-refractivity contribution in [3.63, 3.8) is 0 Å². The molecule has 0 saturated carbocycles. The normalized spacial score (nSPS) is 10.5. The van der Waals surface area contributed by atoms with E-state index in [1.54, 1.807) is 17.0 Å². The Morgan fingerprint density at radius 3 is 2.62 bits per heavy atom. The number of aromatic nitrogens is 1. The summed E-state index contributed by atoms with van der Waals surface area (Å²) < 4.78 is 0. The van der Waals surface area contributed by atoms with Crippen LogP contribution in [0.3, 0.4) is 0 Å². The Balaban J connectivity index is 2.87. The molecule has 0 radical (unpaired) electrons. The SMILES string of the molecule is CCN(CC(C)C)C(=O)c1cccc(=O)[nH]1. The van der Waals surface area contributed by atoms with Gasteiger partial charge >= 0.3 is 0 Å². The van der Waals surface area contributed by atoms with Crippen molar-refractivity contribution < 1.29 is 4.79 Å². The van der Waals surface area contributed by atoms with Crippen molar-refractivity contribution in [3.8, 4) is 0 Å². The van der Waals surface area contributed by atoms with Gasteiger partial charge in [-0.15, -0.1) is 0 Å². The number of carbonyl (C=O) groups is 1. The molecule has 0 unspecified atom stereocenters. The number of hydrogen-bond donors (Lipinski definition) is 1. The van der Waals surface area contributed by atoms with Gasteiger partial charge < -0.3 is 9.88 Å². The van der Waals surface area contributed by atoms with Gasteiger partial charge in [-0.1, -0.05) is 19.9 Å². The van der Waals surface area contributed by atoms with Crippen LogP contribution >= 0.6 is 0 Å². The van der Waals surface area contributed by atoms with Crippen molar-refractivity contribution in [2.24, 2.45) is 5.92 Å². The summed E-state index contributed by atoms with van der Waals surface area (Å²) in [6, 6.07) is 4.62. The molecule has 0 fully saturated rings. The van der Waals surface area contributed by atoms with Crippen molar-refractivity contribution >= 4 is 5.91 Å². The highest BCUT2D eigenvalue weighted by atomic mass is 16.2. The second-order valence-corrected chi connectivity index (χ2v) is 4.17. The predicted octanol–water partition coefficient (Wildman–Crippen LogP) is 1.49. The molecule has 0 atom stereocenters. The van der Waals surface area contributed by atoms with E-state index in [9.17, 15) is 9.59 Å². The molecule has 1 heterocycles. The van der Waals surface area contributed by atoms with Crippen LogP contribution in [0, 0.1) is 5.92 Å². The summed E-state index contributed by atoms with van der Waals surface area (Å²) in [6.45, 7) is 7.40. The predicted molar refractivity (Wildman–Crippen MR) is 63.5 cm³/mol. The summed E-state index contributed by atoms with van der Waals surface area (Å²) in [5.74, 6) is 0.299. The van der Waals surface area contributed by atoms with E-state index in [4.69, 9.17) is 0 Å². The van der Waals surface area contributed by atoms with Crippen LogP contribution in [0.25, 0.3) is 0 Å². The fourth-order valence-electron chi connectivity index (χ4n) is 1.54. The minimum Gasteiger partial charge on any atom is -0.337 e. The van der Waals surface area contributed by atoms with Crippen LogP contribution in [-0.4, -0.2) is 28.9 Å². The molecular formula is C12H18N2O2. The molecule has 4 nitrogen and oxygen atoms in total. The molecule has 1 N–H and O–H groups in total. The molecule has 0 aliphatic rings. The average molecular weight is 222 g/mol. The second kappa shape index (κ2) is 5.49. The number of carbonyl (C=O) groups excluding carboxylic acids is 1. The number of nitrogens with zero attached hydrogens (tertiary/aromatic N) is 1. The van der Waals surface area contributed by atoms with Gasteiger partial charge in [0, 0.05) is 19.2 Å². The maximum atomic E-state index is 12.0. The Morgan fingerprint density at radius 2 is 2.12 bits per heavy atom. The molecule has 0 saturated heterocycles. The monoisotopic (exact) mass is 222 g/mol. The number of aromatic amines is 1. The smallest absolute Gasteiger partial charge is 0.270 e. The first-order valence-electron chi connectivity index (χ1n) is 5.53. The summed E-state index contributed by atoms with van der Waals surface area (Å²) in [5, 5.41) is 0. The van der Waals surface area contributed by atoms with E-state index in [2.05, 4.69) is 18.8 Å². The van der Waals surface area contributed by atoms with Gasteiger partial charge in [0.15, 0.2) is 0 Å². The summed E-state index contributed by atoms with van der Waals surface area (Å²) in [7, 11) is 0. The van der Waals surface area contributed by atoms with Gasteiger partial charge in [-0.3, -0.25) is 9.59 Å². The molecule has 16 heavy (non-hydrogen) atoms. The van der Waals surface area contributed by atoms with E-state index < -0.39 is 0 Å². The maximum absolute atomic E-state index is 12.0. The number of hydrogen-bond acceptors (Lipinski definition) is 2. The molecular weight excluding hydrogens is 204 g/mol. The molecule has 1 amide bonds. The Hall–Kier alpha value is -1.58. The van der Waals surface area contributed by atoms with Crippen LogP contribution in [0.2, 0.25) is 0 Å². The first kappa shape index (κ1) is 12.5. The molecule has 0 aliphatic heterocycles. The van der Waals surface area contributed by atoms with Crippen LogP contribution < -0.4 is 5.56 Å². The van der Waals surface area contributed by atoms with E-state index in [1.807, 2.05) is 6.92 Å². The van der Waals surface area contributed by atoms with Crippen molar-refractivity contribution in [1.29, 1.82) is 0 Å². The fraction of sp³-hybridized carbons (Fsp3) is 0.500. The second-order valence-electron chi connectivity index (χ2n) is 4.17. The van der Waals surface area contributed by atoms with Crippen molar-refractivity contribution in [3.05, 3.63) is 34.2 Å². The third-order valence-corrected chi connectivity index (χ3v) is 2.25. The minimum absolute atomic E-state index is 0.117. The third-order valence-electron chi connectivity index (χ3n) is 2.25. The molecule has 1 rings (SSSR count). The van der Waals surface area contributed by atoms with Crippen LogP contribution in [0.5, 0.6) is 0 Å². The zero-order valence-electron chi connectivity index (χ0n) is 9.99. The molecule has 0 bridgehead atoms. The number of rotatable bonds is 4. The number of amides is 1. The van der Waals surface area contributed by atoms with E-state index in [0.717, 1.165) is 0 Å². The number of pyridine rings is 1. The molecule has 4 heteroatoms. The first-order valence-corrected chi connectivity index (χ1v) is 5.53. The Bertz CT molecular complexity index is 409. The van der Waals surface area contributed by atoms with Gasteiger partial charge in [0.05, 0.1) is 0 Å². The van der Waals surface area contributed by atoms with Crippen LogP contribution in [0.1, 0.15) is 31.3 Å². The quantitative estimate of drug-likeness (QED) is 0.839. The summed E-state index contributed by atoms with van der Waals surface area (Å²) in [4.78, 5) is 27.4. The Morgan fingerprint density at radius 1 is 1.44 bits per heavy atom. The summed E-state index contributed by atoms with van der Waals surface area (Å²) >= 11 is 0. The highest BCUT2D eigenvalue weighted by Crippen LogP contribution is 2.03. The van der Waals surface area contributed by atoms with E-state index >= 15 is 0 Å². The molecule has 0 spiro atoms. The zero-order valence-corrected chi connectivity index (χ0v) is 9.99. The van der Waals surface area contributed by atoms with Crippen LogP contribution in [0.15, 0.2) is 23.0 Å². The van der Waals surface area contributed by atoms with Crippen molar-refractivity contribution in [2.75, 3.05) is 13.1 Å². The minimum atomic E-state index is -0.244. The molecule has 88 valence electrons. The Labute approximate surface area is 95.3 Å². The molecule has 1 aromatic heterocycles. The standard InChI is InChI=1S/C12H18N2O2/c1-4-14(8-9(2)3)12(16)10-6-5-7-11(15)13-10/h5-7,9H,4,8H2,1-3H3,(H,13,15). The average Bonchev–Trinajstić information content (AvgIpc) is 2.24.